The molecule has 0 unspecified atom stereocenters. The maximum atomic E-state index is 12.4. The highest BCUT2D eigenvalue weighted by molar-refractivity contribution is 5.91. The van der Waals surface area contributed by atoms with Crippen molar-refractivity contribution in [3.05, 3.63) is 24.2 Å². The highest BCUT2D eigenvalue weighted by Crippen LogP contribution is 2.34. The normalized spacial score (nSPS) is 24.5. The molecule has 6 nitrogen and oxygen atoms in total. The fourth-order valence-electron chi connectivity index (χ4n) is 3.72. The summed E-state index contributed by atoms with van der Waals surface area (Å²) in [6.45, 7) is 7.23. The molecule has 2 fully saturated rings. The molecule has 0 saturated carbocycles. The lowest BCUT2D eigenvalue weighted by Crippen LogP contribution is -2.61. The Kier molecular flexibility index (Phi) is 3.72. The third kappa shape index (κ3) is 2.31. The number of furan rings is 1. The number of nitrogens with zero attached hydrogens (tertiary/aromatic N) is 2. The van der Waals surface area contributed by atoms with Gasteiger partial charge in [-0.25, -0.2) is 0 Å². The average molecular weight is 305 g/mol. The van der Waals surface area contributed by atoms with Crippen LogP contribution in [0.25, 0.3) is 0 Å². The first-order chi connectivity index (χ1) is 10.4. The van der Waals surface area contributed by atoms with Gasteiger partial charge in [-0.05, 0) is 32.9 Å². The van der Waals surface area contributed by atoms with E-state index >= 15 is 0 Å². The third-order valence-electron chi connectivity index (χ3n) is 4.68. The molecule has 2 aliphatic heterocycles. The number of piperidine rings is 1. The minimum Gasteiger partial charge on any atom is -0.459 e. The minimum absolute atomic E-state index is 0.0756. The number of hydrogen-bond acceptors (Lipinski definition) is 4. The van der Waals surface area contributed by atoms with Gasteiger partial charge in [-0.2, -0.15) is 0 Å². The van der Waals surface area contributed by atoms with Gasteiger partial charge in [0.1, 0.15) is 0 Å². The van der Waals surface area contributed by atoms with E-state index in [-0.39, 0.29) is 29.6 Å². The molecule has 0 aromatic carbocycles. The summed E-state index contributed by atoms with van der Waals surface area (Å²) in [6.07, 6.45) is 3.00. The Bertz CT molecular complexity index is 559. The second kappa shape index (κ2) is 5.43. The second-order valence-electron chi connectivity index (χ2n) is 6.47. The van der Waals surface area contributed by atoms with Crippen molar-refractivity contribution in [3.63, 3.8) is 0 Å². The highest BCUT2D eigenvalue weighted by atomic mass is 16.3. The van der Waals surface area contributed by atoms with Crippen molar-refractivity contribution in [2.24, 2.45) is 0 Å². The van der Waals surface area contributed by atoms with Crippen LogP contribution in [0.2, 0.25) is 0 Å². The van der Waals surface area contributed by atoms with Gasteiger partial charge in [0.2, 0.25) is 5.91 Å². The van der Waals surface area contributed by atoms with Crippen LogP contribution < -0.4 is 5.32 Å². The second-order valence-corrected chi connectivity index (χ2v) is 6.47. The van der Waals surface area contributed by atoms with E-state index in [4.69, 9.17) is 4.42 Å². The molecule has 3 heterocycles. The zero-order valence-electron chi connectivity index (χ0n) is 13.3. The van der Waals surface area contributed by atoms with Crippen LogP contribution in [0, 0.1) is 0 Å². The van der Waals surface area contributed by atoms with E-state index < -0.39 is 0 Å². The van der Waals surface area contributed by atoms with Crippen LogP contribution in [0.5, 0.6) is 0 Å². The quantitative estimate of drug-likeness (QED) is 0.898. The van der Waals surface area contributed by atoms with E-state index in [1.165, 1.54) is 6.26 Å². The van der Waals surface area contributed by atoms with Crippen LogP contribution >= 0.6 is 0 Å². The van der Waals surface area contributed by atoms with E-state index in [1.807, 2.05) is 25.7 Å². The van der Waals surface area contributed by atoms with Crippen LogP contribution in [0.4, 0.5) is 0 Å². The Balaban J connectivity index is 1.73. The van der Waals surface area contributed by atoms with E-state index in [0.717, 1.165) is 12.8 Å². The largest absolute Gasteiger partial charge is 0.459 e. The molecule has 1 atom stereocenters. The zero-order chi connectivity index (χ0) is 15.9. The maximum Gasteiger partial charge on any atom is 0.289 e. The predicted molar refractivity (Wildman–Crippen MR) is 81.2 cm³/mol. The Hall–Kier alpha value is -1.82. The maximum absolute atomic E-state index is 12.4. The van der Waals surface area contributed by atoms with Gasteiger partial charge in [-0.15, -0.1) is 0 Å². The van der Waals surface area contributed by atoms with E-state index in [2.05, 4.69) is 5.32 Å². The summed E-state index contributed by atoms with van der Waals surface area (Å²) >= 11 is 0. The van der Waals surface area contributed by atoms with Crippen LogP contribution in [-0.2, 0) is 4.79 Å². The van der Waals surface area contributed by atoms with Crippen molar-refractivity contribution in [1.82, 2.24) is 15.1 Å². The van der Waals surface area contributed by atoms with Crippen molar-refractivity contribution in [2.75, 3.05) is 13.1 Å². The smallest absolute Gasteiger partial charge is 0.289 e. The molecule has 1 spiro atoms. The molecule has 120 valence electrons. The molecule has 1 aromatic heterocycles. The van der Waals surface area contributed by atoms with Gasteiger partial charge in [0, 0.05) is 32.0 Å². The number of likely N-dealkylation sites (tertiary alicyclic amines) is 1. The van der Waals surface area contributed by atoms with Gasteiger partial charge in [-0.1, -0.05) is 0 Å². The molecule has 0 bridgehead atoms. The summed E-state index contributed by atoms with van der Waals surface area (Å²) in [4.78, 5) is 28.5. The van der Waals surface area contributed by atoms with Crippen molar-refractivity contribution < 1.29 is 14.0 Å². The molecule has 2 saturated heterocycles. The molecular weight excluding hydrogens is 282 g/mol. The number of carbonyl (C=O) groups excluding carboxylic acids is 2. The lowest BCUT2D eigenvalue weighted by Gasteiger charge is -2.46. The number of hydrogen-bond donors (Lipinski definition) is 1. The van der Waals surface area contributed by atoms with Crippen molar-refractivity contribution >= 4 is 11.8 Å². The minimum atomic E-state index is -0.315. The predicted octanol–water partition coefficient (Wildman–Crippen LogP) is 1.44. The number of carbonyl (C=O) groups is 2. The molecule has 1 aromatic rings. The molecule has 1 N–H and O–H groups in total. The van der Waals surface area contributed by atoms with Gasteiger partial charge >= 0.3 is 0 Å². The average Bonchev–Trinajstić information content (AvgIpc) is 3.07. The van der Waals surface area contributed by atoms with Gasteiger partial charge < -0.3 is 14.2 Å². The number of amides is 2. The molecule has 0 radical (unpaired) electrons. The topological polar surface area (TPSA) is 65.8 Å². The fraction of sp³-hybridized carbons (Fsp3) is 0.625. The summed E-state index contributed by atoms with van der Waals surface area (Å²) in [6, 6.07) is 3.40. The first-order valence-corrected chi connectivity index (χ1v) is 7.88. The first-order valence-electron chi connectivity index (χ1n) is 7.88. The van der Waals surface area contributed by atoms with E-state index in [9.17, 15) is 9.59 Å². The monoisotopic (exact) mass is 305 g/mol. The molecule has 2 amide bonds. The molecule has 2 aliphatic rings. The number of rotatable bonds is 2. The summed E-state index contributed by atoms with van der Waals surface area (Å²) in [5.74, 6) is 0.453. The van der Waals surface area contributed by atoms with Crippen molar-refractivity contribution in [3.8, 4) is 0 Å². The summed E-state index contributed by atoms with van der Waals surface area (Å²) in [7, 11) is 0. The van der Waals surface area contributed by atoms with Gasteiger partial charge in [0.15, 0.2) is 5.76 Å². The van der Waals surface area contributed by atoms with Gasteiger partial charge in [0.25, 0.3) is 5.91 Å². The Morgan fingerprint density at radius 1 is 1.41 bits per heavy atom. The van der Waals surface area contributed by atoms with Crippen LogP contribution in [0.3, 0.4) is 0 Å². The van der Waals surface area contributed by atoms with E-state index in [1.54, 1.807) is 17.0 Å². The van der Waals surface area contributed by atoms with E-state index in [0.29, 0.717) is 18.8 Å². The third-order valence-corrected chi connectivity index (χ3v) is 4.68. The number of nitrogens with one attached hydrogen (secondary N) is 1. The van der Waals surface area contributed by atoms with Crippen molar-refractivity contribution in [2.45, 2.75) is 51.4 Å². The van der Waals surface area contributed by atoms with Crippen LogP contribution in [0.1, 0.15) is 44.2 Å². The molecule has 22 heavy (non-hydrogen) atoms. The molecule has 3 rings (SSSR count). The van der Waals surface area contributed by atoms with Gasteiger partial charge in [-0.3, -0.25) is 14.9 Å². The first kappa shape index (κ1) is 15.1. The summed E-state index contributed by atoms with van der Waals surface area (Å²) in [5, 5.41) is 3.46. The Morgan fingerprint density at radius 3 is 2.64 bits per heavy atom. The van der Waals surface area contributed by atoms with Gasteiger partial charge in [0.05, 0.1) is 18.0 Å². The fourth-order valence-corrected chi connectivity index (χ4v) is 3.72. The molecular formula is C16H23N3O3. The van der Waals surface area contributed by atoms with Crippen LogP contribution in [-0.4, -0.2) is 52.5 Å². The summed E-state index contributed by atoms with van der Waals surface area (Å²) < 4.78 is 5.19. The molecule has 0 aliphatic carbocycles. The SMILES string of the molecule is CC(C)N1C(=O)[C@@H](C)NC12CCN(C(=O)c1ccco1)CC2. The van der Waals surface area contributed by atoms with Crippen molar-refractivity contribution in [1.29, 1.82) is 0 Å². The standard InChI is InChI=1S/C16H23N3O3/c1-11(2)19-14(20)12(3)17-16(19)6-8-18(9-7-16)15(21)13-5-4-10-22-13/h4-5,10-12,17H,6-9H2,1-3H3/t12-/m1/s1. The zero-order valence-corrected chi connectivity index (χ0v) is 13.3. The highest BCUT2D eigenvalue weighted by Gasteiger charge is 2.51. The summed E-state index contributed by atoms with van der Waals surface area (Å²) in [5.41, 5.74) is -0.315. The lowest BCUT2D eigenvalue weighted by molar-refractivity contribution is -0.135. The van der Waals surface area contributed by atoms with Crippen LogP contribution in [0.15, 0.2) is 22.8 Å². The Labute approximate surface area is 130 Å². The molecule has 6 heteroatoms. The Morgan fingerprint density at radius 2 is 2.09 bits per heavy atom. The lowest BCUT2D eigenvalue weighted by atomic mass is 9.94.